The Morgan fingerprint density at radius 3 is 2.18 bits per heavy atom. The SMILES string of the molecule is C/C=C(/Br)C(=NC)C1C(=O)OC(C)(C)OC1=O. The van der Waals surface area contributed by atoms with E-state index in [4.69, 9.17) is 9.47 Å². The molecular weight excluding hydrogens is 290 g/mol. The van der Waals surface area contributed by atoms with Crippen LogP contribution in [0, 0.1) is 5.92 Å². The Bertz CT molecular complexity index is 392. The average molecular weight is 304 g/mol. The smallest absolute Gasteiger partial charge is 0.329 e. The summed E-state index contributed by atoms with van der Waals surface area (Å²) in [4.78, 5) is 27.5. The quantitative estimate of drug-likeness (QED) is 0.443. The number of allylic oxidation sites excluding steroid dienone is 2. The summed E-state index contributed by atoms with van der Waals surface area (Å²) in [5.41, 5.74) is 0.304. The van der Waals surface area contributed by atoms with Gasteiger partial charge in [0.05, 0.1) is 5.71 Å². The zero-order valence-corrected chi connectivity index (χ0v) is 11.7. The molecule has 6 heteroatoms. The minimum atomic E-state index is -1.22. The molecule has 0 aromatic rings. The fraction of sp³-hybridized carbons (Fsp3) is 0.545. The predicted molar refractivity (Wildman–Crippen MR) is 65.8 cm³/mol. The van der Waals surface area contributed by atoms with Gasteiger partial charge in [0.25, 0.3) is 5.79 Å². The van der Waals surface area contributed by atoms with E-state index in [0.717, 1.165) is 0 Å². The summed E-state index contributed by atoms with van der Waals surface area (Å²) in [6.45, 7) is 4.78. The minimum absolute atomic E-state index is 0.304. The molecule has 17 heavy (non-hydrogen) atoms. The zero-order valence-electron chi connectivity index (χ0n) is 10.1. The number of hydrogen-bond donors (Lipinski definition) is 0. The average Bonchev–Trinajstić information content (AvgIpc) is 2.20. The maximum Gasteiger partial charge on any atom is 0.329 e. The van der Waals surface area contributed by atoms with E-state index < -0.39 is 23.6 Å². The molecule has 1 heterocycles. The van der Waals surface area contributed by atoms with E-state index in [0.29, 0.717) is 10.2 Å². The van der Waals surface area contributed by atoms with Gasteiger partial charge in [0.1, 0.15) is 0 Å². The van der Waals surface area contributed by atoms with Gasteiger partial charge in [-0.15, -0.1) is 0 Å². The summed E-state index contributed by atoms with van der Waals surface area (Å²) in [5, 5.41) is 0. The molecule has 94 valence electrons. The standard InChI is InChI=1S/C11H14BrNO4/c1-5-6(12)8(13-4)7-9(14)16-11(2,3)17-10(7)15/h5,7H,1-4H3/b6-5+,13-8?. The first-order chi connectivity index (χ1) is 7.82. The number of nitrogens with zero attached hydrogens (tertiary/aromatic N) is 1. The Morgan fingerprint density at radius 2 is 1.82 bits per heavy atom. The lowest BCUT2D eigenvalue weighted by atomic mass is 10.0. The van der Waals surface area contributed by atoms with Crippen LogP contribution in [0.5, 0.6) is 0 Å². The highest BCUT2D eigenvalue weighted by Crippen LogP contribution is 2.27. The number of ether oxygens (including phenoxy) is 2. The van der Waals surface area contributed by atoms with Gasteiger partial charge >= 0.3 is 11.9 Å². The molecule has 0 saturated carbocycles. The van der Waals surface area contributed by atoms with Gasteiger partial charge in [-0.25, -0.2) is 0 Å². The molecule has 0 aromatic heterocycles. The van der Waals surface area contributed by atoms with Crippen LogP contribution in [0.25, 0.3) is 0 Å². The second-order valence-electron chi connectivity index (χ2n) is 3.92. The summed E-state index contributed by atoms with van der Waals surface area (Å²) < 4.78 is 10.6. The molecule has 0 aromatic carbocycles. The molecule has 1 saturated heterocycles. The van der Waals surface area contributed by atoms with Crippen molar-refractivity contribution in [3.63, 3.8) is 0 Å². The minimum Gasteiger partial charge on any atom is -0.422 e. The van der Waals surface area contributed by atoms with Crippen molar-refractivity contribution in [1.82, 2.24) is 0 Å². The van der Waals surface area contributed by atoms with Crippen molar-refractivity contribution < 1.29 is 19.1 Å². The maximum atomic E-state index is 11.8. The van der Waals surface area contributed by atoms with E-state index in [9.17, 15) is 9.59 Å². The summed E-state index contributed by atoms with van der Waals surface area (Å²) >= 11 is 3.24. The maximum absolute atomic E-state index is 11.8. The van der Waals surface area contributed by atoms with Crippen molar-refractivity contribution >= 4 is 33.6 Å². The third kappa shape index (κ3) is 2.94. The molecule has 0 bridgehead atoms. The first-order valence-electron chi connectivity index (χ1n) is 5.07. The van der Waals surface area contributed by atoms with Gasteiger partial charge in [0.2, 0.25) is 0 Å². The van der Waals surface area contributed by atoms with Crippen LogP contribution >= 0.6 is 15.9 Å². The third-order valence-electron chi connectivity index (χ3n) is 2.18. The Hall–Kier alpha value is -1.17. The topological polar surface area (TPSA) is 65.0 Å². The molecule has 0 spiro atoms. The number of aliphatic imine (C=N–C) groups is 1. The second-order valence-corrected chi connectivity index (χ2v) is 4.77. The first kappa shape index (κ1) is 13.9. The van der Waals surface area contributed by atoms with E-state index in [-0.39, 0.29) is 0 Å². The number of carbonyl (C=O) groups excluding carboxylic acids is 2. The zero-order chi connectivity index (χ0) is 13.2. The van der Waals surface area contributed by atoms with Crippen molar-refractivity contribution in [3.05, 3.63) is 10.6 Å². The van der Waals surface area contributed by atoms with Crippen LogP contribution in [0.2, 0.25) is 0 Å². The molecule has 1 aliphatic rings. The Balaban J connectivity index is 3.07. The molecule has 0 radical (unpaired) electrons. The molecule has 1 rings (SSSR count). The number of rotatable bonds is 2. The molecule has 1 fully saturated rings. The van der Waals surface area contributed by atoms with Crippen LogP contribution in [0.4, 0.5) is 0 Å². The predicted octanol–water partition coefficient (Wildman–Crippen LogP) is 1.81. The molecular formula is C11H14BrNO4. The van der Waals surface area contributed by atoms with Crippen molar-refractivity contribution in [3.8, 4) is 0 Å². The van der Waals surface area contributed by atoms with Gasteiger partial charge in [-0.1, -0.05) is 6.08 Å². The van der Waals surface area contributed by atoms with Crippen molar-refractivity contribution in [1.29, 1.82) is 0 Å². The van der Waals surface area contributed by atoms with E-state index in [2.05, 4.69) is 20.9 Å². The fourth-order valence-corrected chi connectivity index (χ4v) is 1.87. The lowest BCUT2D eigenvalue weighted by molar-refractivity contribution is -0.235. The molecule has 0 N–H and O–H groups in total. The molecule has 0 unspecified atom stereocenters. The highest BCUT2D eigenvalue weighted by molar-refractivity contribution is 9.12. The van der Waals surface area contributed by atoms with Crippen molar-refractivity contribution in [2.24, 2.45) is 10.9 Å². The van der Waals surface area contributed by atoms with Crippen molar-refractivity contribution in [2.75, 3.05) is 7.05 Å². The molecule has 1 aliphatic heterocycles. The lowest BCUT2D eigenvalue weighted by Gasteiger charge is -2.33. The van der Waals surface area contributed by atoms with Gasteiger partial charge in [-0.2, -0.15) is 0 Å². The largest absolute Gasteiger partial charge is 0.422 e. The Labute approximate surface area is 108 Å². The van der Waals surface area contributed by atoms with Crippen LogP contribution in [-0.4, -0.2) is 30.5 Å². The number of cyclic esters (lactones) is 2. The van der Waals surface area contributed by atoms with E-state index in [1.54, 1.807) is 13.0 Å². The highest BCUT2D eigenvalue weighted by Gasteiger charge is 2.46. The second kappa shape index (κ2) is 5.00. The third-order valence-corrected chi connectivity index (χ3v) is 3.04. The van der Waals surface area contributed by atoms with Crippen LogP contribution in [0.3, 0.4) is 0 Å². The number of carbonyl (C=O) groups is 2. The van der Waals surface area contributed by atoms with Gasteiger partial charge in [0.15, 0.2) is 5.92 Å². The van der Waals surface area contributed by atoms with Gasteiger partial charge < -0.3 is 9.47 Å². The lowest BCUT2D eigenvalue weighted by Crippen LogP contribution is -2.49. The Morgan fingerprint density at radius 1 is 1.35 bits per heavy atom. The monoisotopic (exact) mass is 303 g/mol. The van der Waals surface area contributed by atoms with E-state index >= 15 is 0 Å². The Kier molecular flexibility index (Phi) is 4.08. The molecule has 5 nitrogen and oxygen atoms in total. The van der Waals surface area contributed by atoms with Crippen molar-refractivity contribution in [2.45, 2.75) is 26.6 Å². The fourth-order valence-electron chi connectivity index (χ4n) is 1.46. The first-order valence-corrected chi connectivity index (χ1v) is 5.86. The summed E-state index contributed by atoms with van der Waals surface area (Å²) in [7, 11) is 1.50. The highest BCUT2D eigenvalue weighted by atomic mass is 79.9. The molecule has 0 atom stereocenters. The van der Waals surface area contributed by atoms with Crippen LogP contribution < -0.4 is 0 Å². The molecule has 0 aliphatic carbocycles. The molecule has 0 amide bonds. The summed E-state index contributed by atoms with van der Waals surface area (Å²) in [5.74, 6) is -3.64. The number of halogens is 1. The number of hydrogen-bond acceptors (Lipinski definition) is 5. The van der Waals surface area contributed by atoms with Gasteiger partial charge in [-0.05, 0) is 22.9 Å². The van der Waals surface area contributed by atoms with Crippen LogP contribution in [0.15, 0.2) is 15.6 Å². The van der Waals surface area contributed by atoms with E-state index in [1.165, 1.54) is 20.9 Å². The van der Waals surface area contributed by atoms with Crippen LogP contribution in [0.1, 0.15) is 20.8 Å². The van der Waals surface area contributed by atoms with E-state index in [1.807, 2.05) is 0 Å². The normalized spacial score (nSPS) is 22.2. The number of esters is 2. The summed E-state index contributed by atoms with van der Waals surface area (Å²) in [6.07, 6.45) is 1.70. The van der Waals surface area contributed by atoms with Gasteiger partial charge in [-0.3, -0.25) is 14.6 Å². The van der Waals surface area contributed by atoms with Crippen LogP contribution in [-0.2, 0) is 19.1 Å². The summed E-state index contributed by atoms with van der Waals surface area (Å²) in [6, 6.07) is 0. The van der Waals surface area contributed by atoms with Gasteiger partial charge in [0, 0.05) is 25.4 Å².